The molecule has 0 aromatic heterocycles. The van der Waals surface area contributed by atoms with E-state index < -0.39 is 0 Å². The Morgan fingerprint density at radius 3 is 2.75 bits per heavy atom. The van der Waals surface area contributed by atoms with Crippen LogP contribution in [0, 0.1) is 5.92 Å². The summed E-state index contributed by atoms with van der Waals surface area (Å²) >= 11 is 0. The quantitative estimate of drug-likeness (QED) is 0.625. The average Bonchev–Trinajstić information content (AvgIpc) is 2.72. The summed E-state index contributed by atoms with van der Waals surface area (Å²) in [7, 11) is 0. The highest BCUT2D eigenvalue weighted by molar-refractivity contribution is 4.84. The lowest BCUT2D eigenvalue weighted by Gasteiger charge is -2.24. The zero-order chi connectivity index (χ0) is 11.8. The Balaban J connectivity index is 2.18. The molecule has 1 aliphatic rings. The van der Waals surface area contributed by atoms with Gasteiger partial charge in [-0.05, 0) is 32.1 Å². The summed E-state index contributed by atoms with van der Waals surface area (Å²) in [5.41, 5.74) is 0. The molecule has 1 saturated carbocycles. The Kier molecular flexibility index (Phi) is 7.06. The maximum Gasteiger partial charge on any atom is 0.0582 e. The highest BCUT2D eigenvalue weighted by atomic mass is 16.3. The highest BCUT2D eigenvalue weighted by Gasteiger charge is 2.27. The maximum absolute atomic E-state index is 9.06. The van der Waals surface area contributed by atoms with E-state index in [0.717, 1.165) is 5.92 Å². The van der Waals surface area contributed by atoms with E-state index in [9.17, 15) is 0 Å². The summed E-state index contributed by atoms with van der Waals surface area (Å²) in [5, 5.41) is 12.6. The van der Waals surface area contributed by atoms with Crippen LogP contribution in [0.15, 0.2) is 0 Å². The first-order chi connectivity index (χ1) is 7.77. The molecule has 2 N–H and O–H groups in total. The van der Waals surface area contributed by atoms with Crippen molar-refractivity contribution in [3.8, 4) is 0 Å². The number of aliphatic hydroxyl groups is 1. The van der Waals surface area contributed by atoms with Crippen LogP contribution in [0.2, 0.25) is 0 Å². The van der Waals surface area contributed by atoms with Gasteiger partial charge in [-0.3, -0.25) is 0 Å². The molecule has 96 valence electrons. The van der Waals surface area contributed by atoms with Crippen molar-refractivity contribution < 1.29 is 5.11 Å². The van der Waals surface area contributed by atoms with Crippen LogP contribution in [0.25, 0.3) is 0 Å². The predicted molar refractivity (Wildman–Crippen MR) is 69.6 cm³/mol. The Hall–Kier alpha value is -0.0800. The van der Waals surface area contributed by atoms with Gasteiger partial charge in [0, 0.05) is 12.1 Å². The molecule has 0 amide bonds. The van der Waals surface area contributed by atoms with Gasteiger partial charge in [0.25, 0.3) is 0 Å². The van der Waals surface area contributed by atoms with E-state index in [4.69, 9.17) is 5.11 Å². The van der Waals surface area contributed by atoms with Crippen LogP contribution >= 0.6 is 0 Å². The Morgan fingerprint density at radius 1 is 1.25 bits per heavy atom. The van der Waals surface area contributed by atoms with Crippen LogP contribution in [-0.2, 0) is 0 Å². The van der Waals surface area contributed by atoms with Gasteiger partial charge in [0.1, 0.15) is 0 Å². The summed E-state index contributed by atoms with van der Waals surface area (Å²) in [5.74, 6) is 0.867. The molecule has 0 spiro atoms. The fraction of sp³-hybridized carbons (Fsp3) is 1.00. The molecular formula is C14H29NO. The molecule has 0 aromatic rings. The zero-order valence-electron chi connectivity index (χ0n) is 11.0. The van der Waals surface area contributed by atoms with E-state index in [2.05, 4.69) is 19.2 Å². The van der Waals surface area contributed by atoms with E-state index in [1.54, 1.807) is 0 Å². The molecule has 0 heterocycles. The lowest BCUT2D eigenvalue weighted by atomic mass is 9.95. The molecule has 3 unspecified atom stereocenters. The topological polar surface area (TPSA) is 32.3 Å². The number of hydrogen-bond donors (Lipinski definition) is 2. The molecule has 2 nitrogen and oxygen atoms in total. The first-order valence-corrected chi connectivity index (χ1v) is 7.14. The van der Waals surface area contributed by atoms with E-state index in [-0.39, 0.29) is 12.6 Å². The van der Waals surface area contributed by atoms with Crippen molar-refractivity contribution in [3.63, 3.8) is 0 Å². The second kappa shape index (κ2) is 8.08. The predicted octanol–water partition coefficient (Wildman–Crippen LogP) is 3.10. The standard InChI is InChI=1S/C14H29NO/c1-3-4-5-6-8-13-9-7-10-14(13)15-12(2)11-16/h12-16H,3-11H2,1-2H3. The normalized spacial score (nSPS) is 27.2. The number of hydrogen-bond acceptors (Lipinski definition) is 2. The largest absolute Gasteiger partial charge is 0.395 e. The van der Waals surface area contributed by atoms with Crippen molar-refractivity contribution >= 4 is 0 Å². The average molecular weight is 227 g/mol. The van der Waals surface area contributed by atoms with Crippen LogP contribution in [0.3, 0.4) is 0 Å². The SMILES string of the molecule is CCCCCCC1CCCC1NC(C)CO. The molecule has 1 rings (SSSR count). The molecule has 0 aliphatic heterocycles. The van der Waals surface area contributed by atoms with Gasteiger partial charge >= 0.3 is 0 Å². The van der Waals surface area contributed by atoms with Crippen molar-refractivity contribution in [2.75, 3.05) is 6.61 Å². The first-order valence-electron chi connectivity index (χ1n) is 7.14. The summed E-state index contributed by atoms with van der Waals surface area (Å²) in [6, 6.07) is 0.935. The second-order valence-electron chi connectivity index (χ2n) is 5.40. The summed E-state index contributed by atoms with van der Waals surface area (Å²) in [4.78, 5) is 0. The van der Waals surface area contributed by atoms with Gasteiger partial charge in [0.05, 0.1) is 6.61 Å². The van der Waals surface area contributed by atoms with Crippen LogP contribution in [0.4, 0.5) is 0 Å². The van der Waals surface area contributed by atoms with Crippen LogP contribution in [-0.4, -0.2) is 23.8 Å². The van der Waals surface area contributed by atoms with E-state index in [1.165, 1.54) is 51.4 Å². The minimum Gasteiger partial charge on any atom is -0.395 e. The number of rotatable bonds is 8. The fourth-order valence-electron chi connectivity index (χ4n) is 2.85. The van der Waals surface area contributed by atoms with Crippen molar-refractivity contribution in [3.05, 3.63) is 0 Å². The van der Waals surface area contributed by atoms with Gasteiger partial charge in [-0.1, -0.05) is 39.0 Å². The second-order valence-corrected chi connectivity index (χ2v) is 5.40. The smallest absolute Gasteiger partial charge is 0.0582 e. The Morgan fingerprint density at radius 2 is 2.06 bits per heavy atom. The van der Waals surface area contributed by atoms with Gasteiger partial charge in [0.2, 0.25) is 0 Å². The van der Waals surface area contributed by atoms with Gasteiger partial charge in [0.15, 0.2) is 0 Å². The van der Waals surface area contributed by atoms with E-state index in [0.29, 0.717) is 6.04 Å². The summed E-state index contributed by atoms with van der Waals surface area (Å²) in [6.45, 7) is 4.61. The fourth-order valence-corrected chi connectivity index (χ4v) is 2.85. The van der Waals surface area contributed by atoms with Crippen molar-refractivity contribution in [1.29, 1.82) is 0 Å². The monoisotopic (exact) mass is 227 g/mol. The van der Waals surface area contributed by atoms with Crippen molar-refractivity contribution in [1.82, 2.24) is 5.32 Å². The highest BCUT2D eigenvalue weighted by Crippen LogP contribution is 2.30. The lowest BCUT2D eigenvalue weighted by molar-refractivity contribution is 0.227. The van der Waals surface area contributed by atoms with Crippen LogP contribution < -0.4 is 5.32 Å². The minimum atomic E-state index is 0.263. The molecule has 16 heavy (non-hydrogen) atoms. The molecular weight excluding hydrogens is 198 g/mol. The van der Waals surface area contributed by atoms with E-state index >= 15 is 0 Å². The zero-order valence-corrected chi connectivity index (χ0v) is 11.0. The third-order valence-electron chi connectivity index (χ3n) is 3.86. The van der Waals surface area contributed by atoms with Gasteiger partial charge in [-0.25, -0.2) is 0 Å². The first kappa shape index (κ1) is 14.0. The van der Waals surface area contributed by atoms with Crippen molar-refractivity contribution in [2.24, 2.45) is 5.92 Å². The third kappa shape index (κ3) is 4.84. The Bertz CT molecular complexity index is 172. The van der Waals surface area contributed by atoms with Crippen molar-refractivity contribution in [2.45, 2.75) is 77.3 Å². The maximum atomic E-state index is 9.06. The number of aliphatic hydroxyl groups excluding tert-OH is 1. The minimum absolute atomic E-state index is 0.263. The molecule has 0 aromatic carbocycles. The third-order valence-corrected chi connectivity index (χ3v) is 3.86. The lowest BCUT2D eigenvalue weighted by Crippen LogP contribution is -2.40. The van der Waals surface area contributed by atoms with Crippen LogP contribution in [0.1, 0.15) is 65.2 Å². The molecule has 2 heteroatoms. The number of nitrogens with one attached hydrogen (secondary N) is 1. The summed E-state index contributed by atoms with van der Waals surface area (Å²) < 4.78 is 0. The number of unbranched alkanes of at least 4 members (excludes halogenated alkanes) is 3. The molecule has 0 saturated heterocycles. The molecule has 3 atom stereocenters. The molecule has 0 radical (unpaired) electrons. The molecule has 1 aliphatic carbocycles. The molecule has 0 bridgehead atoms. The Labute approximate surface area is 101 Å². The van der Waals surface area contributed by atoms with Crippen LogP contribution in [0.5, 0.6) is 0 Å². The van der Waals surface area contributed by atoms with Gasteiger partial charge < -0.3 is 10.4 Å². The van der Waals surface area contributed by atoms with E-state index in [1.807, 2.05) is 0 Å². The van der Waals surface area contributed by atoms with Gasteiger partial charge in [-0.15, -0.1) is 0 Å². The summed E-state index contributed by atoms with van der Waals surface area (Å²) in [6.07, 6.45) is 11.0. The molecule has 1 fully saturated rings. The van der Waals surface area contributed by atoms with Gasteiger partial charge in [-0.2, -0.15) is 0 Å².